The minimum absolute atomic E-state index is 0.0221. The van der Waals surface area contributed by atoms with E-state index in [2.05, 4.69) is 25.0 Å². The molecule has 0 bridgehead atoms. The summed E-state index contributed by atoms with van der Waals surface area (Å²) in [6.45, 7) is 2.22. The van der Waals surface area contributed by atoms with Gasteiger partial charge in [0.2, 0.25) is 5.82 Å². The Hall–Kier alpha value is -3.75. The molecule has 0 radical (unpaired) electrons. The third-order valence-electron chi connectivity index (χ3n) is 4.43. The molecule has 0 spiro atoms. The molecule has 3 aromatic heterocycles. The Morgan fingerprint density at radius 1 is 0.964 bits per heavy atom. The highest BCUT2D eigenvalue weighted by molar-refractivity contribution is 5.88. The van der Waals surface area contributed by atoms with Gasteiger partial charge in [0, 0.05) is 37.9 Å². The molecule has 142 valence electrons. The summed E-state index contributed by atoms with van der Waals surface area (Å²) in [5, 5.41) is 3.91. The van der Waals surface area contributed by atoms with Crippen LogP contribution in [0.5, 0.6) is 0 Å². The van der Waals surface area contributed by atoms with Gasteiger partial charge < -0.3 is 15.0 Å². The number of carbonyl (C=O) groups excluding carboxylic acids is 1. The van der Waals surface area contributed by atoms with Crippen molar-refractivity contribution in [1.82, 2.24) is 29.1 Å². The van der Waals surface area contributed by atoms with Gasteiger partial charge in [-0.1, -0.05) is 18.2 Å². The summed E-state index contributed by atoms with van der Waals surface area (Å²) in [5.41, 5.74) is 6.84. The number of carbonyl (C=O) groups is 1. The van der Waals surface area contributed by atoms with Crippen LogP contribution in [-0.4, -0.2) is 48.1 Å². The molecule has 2 N–H and O–H groups in total. The molecule has 0 aliphatic carbocycles. The van der Waals surface area contributed by atoms with Crippen molar-refractivity contribution in [1.29, 1.82) is 0 Å². The number of amides is 1. The number of benzene rings is 1. The quantitative estimate of drug-likeness (QED) is 0.583. The van der Waals surface area contributed by atoms with E-state index in [4.69, 9.17) is 5.73 Å². The van der Waals surface area contributed by atoms with Crippen molar-refractivity contribution in [3.05, 3.63) is 67.3 Å². The Kier molecular flexibility index (Phi) is 4.96. The number of para-hydroxylation sites is 1. The number of fused-ring (bicyclic) bond motifs is 1. The van der Waals surface area contributed by atoms with E-state index in [9.17, 15) is 4.79 Å². The first-order chi connectivity index (χ1) is 13.7. The monoisotopic (exact) mass is 376 g/mol. The number of aromatic nitrogens is 6. The van der Waals surface area contributed by atoms with Crippen molar-refractivity contribution in [3.63, 3.8) is 0 Å². The third kappa shape index (κ3) is 3.68. The summed E-state index contributed by atoms with van der Waals surface area (Å²) in [6.07, 6.45) is 11.5. The van der Waals surface area contributed by atoms with E-state index in [1.54, 1.807) is 0 Å². The van der Waals surface area contributed by atoms with Gasteiger partial charge in [-0.05, 0) is 25.0 Å². The van der Waals surface area contributed by atoms with Gasteiger partial charge in [-0.3, -0.25) is 4.79 Å². The van der Waals surface area contributed by atoms with Gasteiger partial charge >= 0.3 is 0 Å². The van der Waals surface area contributed by atoms with E-state index in [0.717, 1.165) is 30.2 Å². The lowest BCUT2D eigenvalue weighted by molar-refractivity contribution is 0.0990. The molecule has 1 aliphatic rings. The van der Waals surface area contributed by atoms with Gasteiger partial charge in [-0.25, -0.2) is 19.6 Å². The van der Waals surface area contributed by atoms with Crippen molar-refractivity contribution in [2.45, 2.75) is 12.8 Å². The molecule has 0 saturated carbocycles. The zero-order chi connectivity index (χ0) is 19.3. The highest BCUT2D eigenvalue weighted by atomic mass is 16.1. The summed E-state index contributed by atoms with van der Waals surface area (Å²) in [7, 11) is 0. The number of primary amides is 1. The second-order valence-corrected chi connectivity index (χ2v) is 6.32. The van der Waals surface area contributed by atoms with Gasteiger partial charge in [0.25, 0.3) is 5.91 Å². The van der Waals surface area contributed by atoms with Crippen LogP contribution in [0.1, 0.15) is 23.5 Å². The molecular weight excluding hydrogens is 356 g/mol. The molecule has 1 aromatic carbocycles. The van der Waals surface area contributed by atoms with Crippen LogP contribution < -0.4 is 10.6 Å². The second kappa shape index (κ2) is 7.87. The Balaban J connectivity index is 0.000000137. The number of hydrogen-bond donors (Lipinski definition) is 1. The Morgan fingerprint density at radius 3 is 2.36 bits per heavy atom. The molecule has 4 heterocycles. The van der Waals surface area contributed by atoms with Gasteiger partial charge in [0.15, 0.2) is 11.5 Å². The summed E-state index contributed by atoms with van der Waals surface area (Å²) in [6, 6.07) is 9.37. The van der Waals surface area contributed by atoms with Crippen LogP contribution in [0.2, 0.25) is 0 Å². The minimum atomic E-state index is -0.625. The molecule has 5 rings (SSSR count). The second-order valence-electron chi connectivity index (χ2n) is 6.32. The van der Waals surface area contributed by atoms with Crippen molar-refractivity contribution in [2.75, 3.05) is 18.0 Å². The number of imidazole rings is 1. The molecule has 4 aromatic rings. The van der Waals surface area contributed by atoms with Gasteiger partial charge in [0.1, 0.15) is 6.33 Å². The summed E-state index contributed by atoms with van der Waals surface area (Å²) in [5.74, 6) is 0.420. The lowest BCUT2D eigenvalue weighted by Crippen LogP contribution is -2.19. The summed E-state index contributed by atoms with van der Waals surface area (Å²) < 4.78 is 3.51. The molecule has 1 aliphatic heterocycles. The van der Waals surface area contributed by atoms with Crippen LogP contribution >= 0.6 is 0 Å². The topological polar surface area (TPSA) is 107 Å². The van der Waals surface area contributed by atoms with Gasteiger partial charge in [-0.2, -0.15) is 0 Å². The molecular formula is C19H20N8O. The SMILES string of the molecule is NC(=O)c1ncn(-c2ccccc2)n1.c1cn2ccnc2c(N2CCCC2)n1. The van der Waals surface area contributed by atoms with Crippen LogP contribution in [0.25, 0.3) is 11.3 Å². The predicted molar refractivity (Wildman–Crippen MR) is 104 cm³/mol. The largest absolute Gasteiger partial charge is 0.363 e. The Morgan fingerprint density at radius 2 is 1.68 bits per heavy atom. The molecule has 9 nitrogen and oxygen atoms in total. The maximum Gasteiger partial charge on any atom is 0.288 e. The fourth-order valence-corrected chi connectivity index (χ4v) is 3.07. The van der Waals surface area contributed by atoms with Crippen molar-refractivity contribution >= 4 is 17.4 Å². The lowest BCUT2D eigenvalue weighted by Gasteiger charge is -2.16. The maximum absolute atomic E-state index is 10.7. The van der Waals surface area contributed by atoms with E-state index in [1.165, 1.54) is 23.9 Å². The van der Waals surface area contributed by atoms with Crippen molar-refractivity contribution in [2.24, 2.45) is 5.73 Å². The first-order valence-corrected chi connectivity index (χ1v) is 9.02. The van der Waals surface area contributed by atoms with Crippen LogP contribution in [0, 0.1) is 0 Å². The molecule has 28 heavy (non-hydrogen) atoms. The standard InChI is InChI=1S/C10H12N4.C9H8N4O/c1-2-6-13(5-1)9-10-12-4-8-14(10)7-3-11-9;10-8(14)9-11-6-13(12-9)7-4-2-1-3-5-7/h3-4,7-8H,1-2,5-6H2;1-6H,(H2,10,14). The van der Waals surface area contributed by atoms with E-state index in [-0.39, 0.29) is 5.82 Å². The molecule has 0 unspecified atom stereocenters. The normalized spacial score (nSPS) is 13.4. The van der Waals surface area contributed by atoms with E-state index in [0.29, 0.717) is 0 Å². The number of rotatable bonds is 3. The number of nitrogens with two attached hydrogens (primary N) is 1. The maximum atomic E-state index is 10.7. The Bertz CT molecular complexity index is 1070. The highest BCUT2D eigenvalue weighted by Gasteiger charge is 2.16. The van der Waals surface area contributed by atoms with Gasteiger partial charge in [0.05, 0.1) is 5.69 Å². The summed E-state index contributed by atoms with van der Waals surface area (Å²) in [4.78, 5) is 25.5. The zero-order valence-corrected chi connectivity index (χ0v) is 15.2. The third-order valence-corrected chi connectivity index (χ3v) is 4.43. The van der Waals surface area contributed by atoms with Crippen LogP contribution in [0.3, 0.4) is 0 Å². The fourth-order valence-electron chi connectivity index (χ4n) is 3.07. The van der Waals surface area contributed by atoms with E-state index in [1.807, 2.05) is 59.5 Å². The minimum Gasteiger partial charge on any atom is -0.363 e. The van der Waals surface area contributed by atoms with Crippen molar-refractivity contribution < 1.29 is 4.79 Å². The van der Waals surface area contributed by atoms with E-state index >= 15 is 0 Å². The van der Waals surface area contributed by atoms with Crippen LogP contribution in [-0.2, 0) is 0 Å². The molecule has 1 saturated heterocycles. The van der Waals surface area contributed by atoms with Gasteiger partial charge in [-0.15, -0.1) is 5.10 Å². The number of anilines is 1. The van der Waals surface area contributed by atoms with Crippen LogP contribution in [0.15, 0.2) is 61.4 Å². The molecule has 9 heteroatoms. The Labute approximate surface area is 161 Å². The number of nitrogens with zero attached hydrogens (tertiary/aromatic N) is 7. The first kappa shape index (κ1) is 17.7. The van der Waals surface area contributed by atoms with Crippen LogP contribution in [0.4, 0.5) is 5.82 Å². The predicted octanol–water partition coefficient (Wildman–Crippen LogP) is 1.70. The molecule has 1 amide bonds. The summed E-state index contributed by atoms with van der Waals surface area (Å²) >= 11 is 0. The lowest BCUT2D eigenvalue weighted by atomic mass is 10.3. The molecule has 0 atom stereocenters. The van der Waals surface area contributed by atoms with E-state index < -0.39 is 5.91 Å². The molecule has 1 fully saturated rings. The zero-order valence-electron chi connectivity index (χ0n) is 15.2. The average molecular weight is 376 g/mol. The highest BCUT2D eigenvalue weighted by Crippen LogP contribution is 2.21. The number of hydrogen-bond acceptors (Lipinski definition) is 6. The van der Waals surface area contributed by atoms with Crippen molar-refractivity contribution in [3.8, 4) is 5.69 Å². The fraction of sp³-hybridized carbons (Fsp3) is 0.211. The first-order valence-electron chi connectivity index (χ1n) is 9.02. The average Bonchev–Trinajstić information content (AvgIpc) is 3.50. The smallest absolute Gasteiger partial charge is 0.288 e.